The Morgan fingerprint density at radius 1 is 1.78 bits per heavy atom. The molecule has 0 spiro atoms. The average Bonchev–Trinajstić information content (AvgIpc) is 2.34. The van der Waals surface area contributed by atoms with Crippen LogP contribution in [0.5, 0.6) is 0 Å². The van der Waals surface area contributed by atoms with Gasteiger partial charge in [0.15, 0.2) is 0 Å². The summed E-state index contributed by atoms with van der Waals surface area (Å²) in [5.74, 6) is 0. The fourth-order valence-corrected chi connectivity index (χ4v) is 0.782. The first-order valence-corrected chi connectivity index (χ1v) is 3.14. The highest BCUT2D eigenvalue weighted by Crippen LogP contribution is 2.05. The molecule has 1 N–H and O–H groups in total. The van der Waals surface area contributed by atoms with Crippen LogP contribution in [0.25, 0.3) is 0 Å². The summed E-state index contributed by atoms with van der Waals surface area (Å²) in [5.41, 5.74) is 1.29. The van der Waals surface area contributed by atoms with Gasteiger partial charge in [0.1, 0.15) is 0 Å². The molecule has 0 radical (unpaired) electrons. The quantitative estimate of drug-likeness (QED) is 0.559. The fraction of sp³-hybridized carbons (Fsp3) is 0.250. The van der Waals surface area contributed by atoms with Crippen molar-refractivity contribution in [1.82, 2.24) is 5.32 Å². The Balaban J connectivity index is 2.21. The summed E-state index contributed by atoms with van der Waals surface area (Å²) < 4.78 is 0. The van der Waals surface area contributed by atoms with Crippen LogP contribution in [-0.2, 0) is 0 Å². The second-order valence-electron chi connectivity index (χ2n) is 1.99. The molecule has 0 atom stereocenters. The van der Waals surface area contributed by atoms with E-state index in [4.69, 9.17) is 0 Å². The summed E-state index contributed by atoms with van der Waals surface area (Å²) >= 11 is 0. The molecule has 0 aromatic carbocycles. The van der Waals surface area contributed by atoms with Crippen LogP contribution in [0.4, 0.5) is 0 Å². The maximum Gasteiger partial charge on any atom is 0.0325 e. The predicted molar refractivity (Wildman–Crippen MR) is 40.0 cm³/mol. The van der Waals surface area contributed by atoms with Gasteiger partial charge in [-0.05, 0) is 6.08 Å². The maximum absolute atomic E-state index is 3.61. The lowest BCUT2D eigenvalue weighted by Crippen LogP contribution is -2.10. The van der Waals surface area contributed by atoms with Crippen LogP contribution in [0.15, 0.2) is 36.6 Å². The highest BCUT2D eigenvalue weighted by Gasteiger charge is 1.93. The number of allylic oxidation sites excluding steroid dienone is 3. The second kappa shape index (κ2) is 3.13. The third kappa shape index (κ3) is 1.76. The molecule has 0 saturated heterocycles. The van der Waals surface area contributed by atoms with Gasteiger partial charge in [0.05, 0.1) is 0 Å². The van der Waals surface area contributed by atoms with Crippen molar-refractivity contribution in [1.29, 1.82) is 0 Å². The summed E-state index contributed by atoms with van der Waals surface area (Å²) in [6.07, 6.45) is 9.19. The first kappa shape index (κ1) is 6.14. The monoisotopic (exact) mass is 121 g/mol. The van der Waals surface area contributed by atoms with Crippen molar-refractivity contribution < 1.29 is 0 Å². The smallest absolute Gasteiger partial charge is 0.0325 e. The van der Waals surface area contributed by atoms with Crippen LogP contribution < -0.4 is 5.32 Å². The largest absolute Gasteiger partial charge is 0.385 e. The lowest BCUT2D eigenvalue weighted by Gasteiger charge is -2.00. The van der Waals surface area contributed by atoms with E-state index in [1.807, 2.05) is 6.08 Å². The molecule has 0 aromatic heterocycles. The van der Waals surface area contributed by atoms with E-state index in [0.717, 1.165) is 13.0 Å². The van der Waals surface area contributed by atoms with Crippen LogP contribution in [0.2, 0.25) is 0 Å². The van der Waals surface area contributed by atoms with Crippen molar-refractivity contribution in [3.05, 3.63) is 36.6 Å². The third-order valence-electron chi connectivity index (χ3n) is 1.24. The Bertz CT molecular complexity index is 154. The number of hydrogen-bond acceptors (Lipinski definition) is 1. The van der Waals surface area contributed by atoms with Crippen molar-refractivity contribution >= 4 is 0 Å². The molecule has 48 valence electrons. The van der Waals surface area contributed by atoms with Crippen molar-refractivity contribution in [2.75, 3.05) is 6.54 Å². The van der Waals surface area contributed by atoms with Crippen molar-refractivity contribution in [2.24, 2.45) is 0 Å². The molecule has 0 bridgehead atoms. The van der Waals surface area contributed by atoms with Crippen LogP contribution in [0.1, 0.15) is 6.42 Å². The lowest BCUT2D eigenvalue weighted by atomic mass is 10.4. The van der Waals surface area contributed by atoms with Gasteiger partial charge in [-0.3, -0.25) is 0 Å². The SMILES string of the molecule is C=CCNC1=CC=CC1. The molecule has 1 nitrogen and oxygen atoms in total. The molecule has 9 heavy (non-hydrogen) atoms. The zero-order valence-electron chi connectivity index (χ0n) is 5.43. The minimum Gasteiger partial charge on any atom is -0.385 e. The van der Waals surface area contributed by atoms with Gasteiger partial charge in [-0.15, -0.1) is 6.58 Å². The molecule has 1 aliphatic carbocycles. The summed E-state index contributed by atoms with van der Waals surface area (Å²) in [4.78, 5) is 0. The van der Waals surface area contributed by atoms with E-state index in [1.165, 1.54) is 5.70 Å². The summed E-state index contributed by atoms with van der Waals surface area (Å²) in [7, 11) is 0. The van der Waals surface area contributed by atoms with Crippen LogP contribution in [-0.4, -0.2) is 6.54 Å². The van der Waals surface area contributed by atoms with Crippen LogP contribution >= 0.6 is 0 Å². The Hall–Kier alpha value is -0.980. The molecule has 0 amide bonds. The Kier molecular flexibility index (Phi) is 2.13. The summed E-state index contributed by atoms with van der Waals surface area (Å²) in [6, 6.07) is 0. The predicted octanol–water partition coefficient (Wildman–Crippen LogP) is 1.61. The zero-order chi connectivity index (χ0) is 6.53. The third-order valence-corrected chi connectivity index (χ3v) is 1.24. The van der Waals surface area contributed by atoms with Gasteiger partial charge in [-0.25, -0.2) is 0 Å². The van der Waals surface area contributed by atoms with Gasteiger partial charge >= 0.3 is 0 Å². The summed E-state index contributed by atoms with van der Waals surface area (Å²) in [6.45, 7) is 4.48. The number of hydrogen-bond donors (Lipinski definition) is 1. The molecule has 1 aliphatic rings. The minimum absolute atomic E-state index is 0.869. The van der Waals surface area contributed by atoms with E-state index in [9.17, 15) is 0 Å². The molecule has 0 aromatic rings. The Morgan fingerprint density at radius 2 is 2.67 bits per heavy atom. The van der Waals surface area contributed by atoms with Gasteiger partial charge in [0.25, 0.3) is 0 Å². The van der Waals surface area contributed by atoms with E-state index >= 15 is 0 Å². The highest BCUT2D eigenvalue weighted by atomic mass is 14.9. The molecule has 0 fully saturated rings. The highest BCUT2D eigenvalue weighted by molar-refractivity contribution is 5.21. The van der Waals surface area contributed by atoms with Gasteiger partial charge < -0.3 is 5.32 Å². The number of nitrogens with one attached hydrogen (secondary N) is 1. The molecule has 0 aliphatic heterocycles. The normalized spacial score (nSPS) is 15.3. The molecule has 0 unspecified atom stereocenters. The van der Waals surface area contributed by atoms with E-state index in [0.29, 0.717) is 0 Å². The number of rotatable bonds is 3. The molecule has 1 rings (SSSR count). The van der Waals surface area contributed by atoms with Crippen molar-refractivity contribution in [2.45, 2.75) is 6.42 Å². The maximum atomic E-state index is 3.61. The van der Waals surface area contributed by atoms with Gasteiger partial charge in [0.2, 0.25) is 0 Å². The molecular formula is C8H11N. The van der Waals surface area contributed by atoms with Crippen molar-refractivity contribution in [3.8, 4) is 0 Å². The zero-order valence-corrected chi connectivity index (χ0v) is 5.43. The van der Waals surface area contributed by atoms with E-state index < -0.39 is 0 Å². The van der Waals surface area contributed by atoms with Crippen molar-refractivity contribution in [3.63, 3.8) is 0 Å². The van der Waals surface area contributed by atoms with Crippen LogP contribution in [0.3, 0.4) is 0 Å². The minimum atomic E-state index is 0.869. The van der Waals surface area contributed by atoms with E-state index in [-0.39, 0.29) is 0 Å². The van der Waals surface area contributed by atoms with Crippen LogP contribution in [0, 0.1) is 0 Å². The lowest BCUT2D eigenvalue weighted by molar-refractivity contribution is 0.880. The Morgan fingerprint density at radius 3 is 3.22 bits per heavy atom. The first-order chi connectivity index (χ1) is 4.43. The first-order valence-electron chi connectivity index (χ1n) is 3.14. The molecule has 0 saturated carbocycles. The second-order valence-corrected chi connectivity index (χ2v) is 1.99. The Labute approximate surface area is 55.8 Å². The van der Waals surface area contributed by atoms with Gasteiger partial charge in [-0.1, -0.05) is 18.2 Å². The van der Waals surface area contributed by atoms with E-state index in [2.05, 4.69) is 30.1 Å². The van der Waals surface area contributed by atoms with E-state index in [1.54, 1.807) is 0 Å². The molecule has 0 heterocycles. The fourth-order valence-electron chi connectivity index (χ4n) is 0.782. The van der Waals surface area contributed by atoms with Gasteiger partial charge in [0, 0.05) is 18.7 Å². The van der Waals surface area contributed by atoms with Gasteiger partial charge in [-0.2, -0.15) is 0 Å². The topological polar surface area (TPSA) is 12.0 Å². The average molecular weight is 121 g/mol. The molecule has 1 heteroatoms. The molecular weight excluding hydrogens is 110 g/mol. The summed E-state index contributed by atoms with van der Waals surface area (Å²) in [5, 5.41) is 3.21. The standard InChI is InChI=1S/C8H11N/c1-2-7-9-8-5-3-4-6-8/h2-5,9H,1,6-7H2.